The van der Waals surface area contributed by atoms with Crippen LogP contribution in [-0.2, 0) is 17.8 Å². The smallest absolute Gasteiger partial charge is 0.289 e. The number of rotatable bonds is 7. The number of benzene rings is 2. The van der Waals surface area contributed by atoms with Crippen LogP contribution < -0.4 is 4.74 Å². The zero-order valence-electron chi connectivity index (χ0n) is 20.6. The van der Waals surface area contributed by atoms with Gasteiger partial charge in [-0.2, -0.15) is 0 Å². The molecule has 0 aliphatic carbocycles. The molecule has 184 valence electrons. The van der Waals surface area contributed by atoms with E-state index in [0.29, 0.717) is 24.5 Å². The first kappa shape index (κ1) is 24.5. The zero-order chi connectivity index (χ0) is 25.1. The van der Waals surface area contributed by atoms with Crippen LogP contribution in [0.1, 0.15) is 66.2 Å². The van der Waals surface area contributed by atoms with Crippen molar-refractivity contribution in [3.05, 3.63) is 88.6 Å². The van der Waals surface area contributed by atoms with E-state index in [9.17, 15) is 14.0 Å². The lowest BCUT2D eigenvalue weighted by molar-refractivity contribution is -0.132. The summed E-state index contributed by atoms with van der Waals surface area (Å²) in [6.45, 7) is 6.44. The van der Waals surface area contributed by atoms with E-state index in [1.54, 1.807) is 30.1 Å². The van der Waals surface area contributed by atoms with Crippen molar-refractivity contribution >= 4 is 11.8 Å². The summed E-state index contributed by atoms with van der Waals surface area (Å²) >= 11 is 0. The molecule has 4 rings (SSSR count). The van der Waals surface area contributed by atoms with E-state index in [4.69, 9.17) is 9.15 Å². The van der Waals surface area contributed by atoms with Crippen molar-refractivity contribution in [1.82, 2.24) is 9.80 Å². The molecule has 0 radical (unpaired) electrons. The summed E-state index contributed by atoms with van der Waals surface area (Å²) < 4.78 is 25.8. The van der Waals surface area contributed by atoms with Gasteiger partial charge in [0, 0.05) is 26.1 Å². The average molecular weight is 479 g/mol. The molecule has 1 aliphatic rings. The highest BCUT2D eigenvalue weighted by molar-refractivity contribution is 5.91. The molecule has 35 heavy (non-hydrogen) atoms. The molecule has 0 saturated carbocycles. The van der Waals surface area contributed by atoms with Gasteiger partial charge in [-0.15, -0.1) is 0 Å². The molecule has 1 aliphatic heterocycles. The lowest BCUT2D eigenvalue weighted by Gasteiger charge is -2.38. The van der Waals surface area contributed by atoms with Gasteiger partial charge in [0.1, 0.15) is 23.9 Å². The number of carbonyl (C=O) groups excluding carboxylic acids is 2. The van der Waals surface area contributed by atoms with Gasteiger partial charge in [-0.05, 0) is 73.4 Å². The highest BCUT2D eigenvalue weighted by Crippen LogP contribution is 2.38. The molecule has 2 aromatic carbocycles. The molecular weight excluding hydrogens is 447 g/mol. The summed E-state index contributed by atoms with van der Waals surface area (Å²) in [5.41, 5.74) is 2.76. The number of nitrogens with zero attached hydrogens (tertiary/aromatic N) is 2. The molecule has 2 amide bonds. The first-order chi connectivity index (χ1) is 16.8. The molecular formula is C28H31FN2O4. The molecule has 3 aromatic rings. The van der Waals surface area contributed by atoms with Gasteiger partial charge in [0.2, 0.25) is 5.91 Å². The van der Waals surface area contributed by atoms with Crippen LogP contribution in [0.4, 0.5) is 4.39 Å². The fourth-order valence-electron chi connectivity index (χ4n) is 4.32. The number of ether oxygens (including phenoxy) is 1. The number of fused-ring (bicyclic) bond motifs is 1. The summed E-state index contributed by atoms with van der Waals surface area (Å²) in [6.07, 6.45) is 1.10. The molecule has 0 fully saturated rings. The molecule has 1 aromatic heterocycles. The molecule has 0 N–H and O–H groups in total. The van der Waals surface area contributed by atoms with Crippen molar-refractivity contribution in [2.24, 2.45) is 0 Å². The Kier molecular flexibility index (Phi) is 7.24. The number of carbonyl (C=O) groups is 2. The Labute approximate surface area is 205 Å². The quantitative estimate of drug-likeness (QED) is 0.459. The minimum atomic E-state index is -0.384. The lowest BCUT2D eigenvalue weighted by atomic mass is 9.87. The summed E-state index contributed by atoms with van der Waals surface area (Å²) in [5, 5.41) is 0. The van der Waals surface area contributed by atoms with E-state index in [-0.39, 0.29) is 42.1 Å². The van der Waals surface area contributed by atoms with E-state index < -0.39 is 0 Å². The van der Waals surface area contributed by atoms with E-state index in [1.165, 1.54) is 12.1 Å². The van der Waals surface area contributed by atoms with Gasteiger partial charge in [-0.3, -0.25) is 9.59 Å². The zero-order valence-corrected chi connectivity index (χ0v) is 20.6. The van der Waals surface area contributed by atoms with Gasteiger partial charge in [-0.1, -0.05) is 25.1 Å². The summed E-state index contributed by atoms with van der Waals surface area (Å²) in [4.78, 5) is 28.6. The molecule has 0 saturated heterocycles. The fourth-order valence-corrected chi connectivity index (χ4v) is 4.32. The number of hydrogen-bond acceptors (Lipinski definition) is 4. The van der Waals surface area contributed by atoms with Gasteiger partial charge in [-0.25, -0.2) is 4.39 Å². The Balaban J connectivity index is 1.57. The van der Waals surface area contributed by atoms with Crippen LogP contribution in [0.2, 0.25) is 0 Å². The van der Waals surface area contributed by atoms with Gasteiger partial charge in [0.15, 0.2) is 5.76 Å². The third-order valence-corrected chi connectivity index (χ3v) is 6.48. The van der Waals surface area contributed by atoms with Crippen LogP contribution in [0.25, 0.3) is 0 Å². The third-order valence-electron chi connectivity index (χ3n) is 6.48. The predicted octanol–water partition coefficient (Wildman–Crippen LogP) is 5.36. The number of hydrogen-bond donors (Lipinski definition) is 0. The van der Waals surface area contributed by atoms with Crippen LogP contribution in [-0.4, -0.2) is 41.2 Å². The lowest BCUT2D eigenvalue weighted by Crippen LogP contribution is -2.40. The Bertz CT molecular complexity index is 1220. The van der Waals surface area contributed by atoms with Crippen LogP contribution >= 0.6 is 0 Å². The Morgan fingerprint density at radius 3 is 2.69 bits per heavy atom. The van der Waals surface area contributed by atoms with Gasteiger partial charge < -0.3 is 19.0 Å². The molecule has 6 nitrogen and oxygen atoms in total. The molecule has 0 spiro atoms. The van der Waals surface area contributed by atoms with Crippen LogP contribution in [0.5, 0.6) is 5.75 Å². The SMILES string of the molecule is CCC(=O)N1CCc2ccc(OCc3ccc(C(=O)N(C)C(C)C)o3)cc2C1c1cccc(F)c1. The maximum Gasteiger partial charge on any atom is 0.289 e. The number of amides is 2. The van der Waals surface area contributed by atoms with Crippen molar-refractivity contribution in [2.45, 2.75) is 52.3 Å². The summed E-state index contributed by atoms with van der Waals surface area (Å²) in [5.74, 6) is 0.920. The van der Waals surface area contributed by atoms with Gasteiger partial charge in [0.25, 0.3) is 5.91 Å². The highest BCUT2D eigenvalue weighted by Gasteiger charge is 2.32. The maximum absolute atomic E-state index is 14.1. The number of halogens is 1. The second-order valence-electron chi connectivity index (χ2n) is 9.07. The fraction of sp³-hybridized carbons (Fsp3) is 0.357. The number of furan rings is 1. The molecule has 0 bridgehead atoms. The minimum absolute atomic E-state index is 0.0235. The van der Waals surface area contributed by atoms with Crippen molar-refractivity contribution in [3.8, 4) is 5.75 Å². The topological polar surface area (TPSA) is 63.0 Å². The van der Waals surface area contributed by atoms with Crippen LogP contribution in [0.3, 0.4) is 0 Å². The third kappa shape index (κ3) is 5.24. The standard InChI is InChI=1S/C28H31FN2O4/c1-5-26(32)31-14-13-19-9-10-22(16-24(19)27(31)20-7-6-8-21(29)15-20)34-17-23-11-12-25(35-23)28(33)30(4)18(2)3/h6-12,15-16,18,27H,5,13-14,17H2,1-4H3. The molecule has 7 heteroatoms. The summed E-state index contributed by atoms with van der Waals surface area (Å²) in [6, 6.07) is 15.3. The largest absolute Gasteiger partial charge is 0.486 e. The Morgan fingerprint density at radius 1 is 1.17 bits per heavy atom. The summed E-state index contributed by atoms with van der Waals surface area (Å²) in [7, 11) is 1.74. The monoisotopic (exact) mass is 478 g/mol. The van der Waals surface area contributed by atoms with E-state index in [0.717, 1.165) is 23.1 Å². The predicted molar refractivity (Wildman–Crippen MR) is 131 cm³/mol. The molecule has 1 atom stereocenters. The minimum Gasteiger partial charge on any atom is -0.486 e. The van der Waals surface area contributed by atoms with Crippen molar-refractivity contribution < 1.29 is 23.1 Å². The Morgan fingerprint density at radius 2 is 1.97 bits per heavy atom. The van der Waals surface area contributed by atoms with Crippen molar-refractivity contribution in [3.63, 3.8) is 0 Å². The van der Waals surface area contributed by atoms with Crippen LogP contribution in [0.15, 0.2) is 59.0 Å². The van der Waals surface area contributed by atoms with Gasteiger partial charge >= 0.3 is 0 Å². The van der Waals surface area contributed by atoms with E-state index in [1.807, 2.05) is 49.9 Å². The average Bonchev–Trinajstić information content (AvgIpc) is 3.34. The van der Waals surface area contributed by atoms with Crippen LogP contribution in [0, 0.1) is 5.82 Å². The van der Waals surface area contributed by atoms with Crippen molar-refractivity contribution in [1.29, 1.82) is 0 Å². The van der Waals surface area contributed by atoms with E-state index >= 15 is 0 Å². The second-order valence-corrected chi connectivity index (χ2v) is 9.07. The highest BCUT2D eigenvalue weighted by atomic mass is 19.1. The maximum atomic E-state index is 14.1. The first-order valence-corrected chi connectivity index (χ1v) is 11.9. The molecule has 1 unspecified atom stereocenters. The van der Waals surface area contributed by atoms with E-state index in [2.05, 4.69) is 0 Å². The van der Waals surface area contributed by atoms with Gasteiger partial charge in [0.05, 0.1) is 6.04 Å². The normalized spacial score (nSPS) is 15.1. The molecule has 2 heterocycles. The first-order valence-electron chi connectivity index (χ1n) is 11.9. The second kappa shape index (κ2) is 10.3. The Hall–Kier alpha value is -3.61. The van der Waals surface area contributed by atoms with Crippen molar-refractivity contribution in [2.75, 3.05) is 13.6 Å².